The smallest absolute Gasteiger partial charge is 0.355 e. The Morgan fingerprint density at radius 2 is 1.73 bits per heavy atom. The Balaban J connectivity index is 0.000000921. The van der Waals surface area contributed by atoms with Gasteiger partial charge in [0.25, 0.3) is 5.56 Å². The van der Waals surface area contributed by atoms with E-state index in [1.165, 1.54) is 14.0 Å². The molecule has 0 radical (unpaired) electrons. The fraction of sp³-hybridized carbons (Fsp3) is 0.444. The normalized spacial score (nSPS) is 8.80. The second kappa shape index (κ2) is 5.79. The lowest BCUT2D eigenvalue weighted by Gasteiger charge is -2.00. The molecular formula is C9H14N2O4. The fourth-order valence-electron chi connectivity index (χ4n) is 0.855. The molecule has 0 amide bonds. The molecule has 84 valence electrons. The van der Waals surface area contributed by atoms with Crippen LogP contribution in [-0.2, 0) is 4.74 Å². The molecule has 0 aliphatic carbocycles. The summed E-state index contributed by atoms with van der Waals surface area (Å²) < 4.78 is 4.37. The van der Waals surface area contributed by atoms with Crippen LogP contribution >= 0.6 is 0 Å². The van der Waals surface area contributed by atoms with E-state index in [2.05, 4.69) is 9.72 Å². The lowest BCUT2D eigenvalue weighted by molar-refractivity contribution is 0.0592. The third-order valence-corrected chi connectivity index (χ3v) is 1.57. The van der Waals surface area contributed by atoms with Gasteiger partial charge in [-0.1, -0.05) is 13.8 Å². The number of ether oxygens (including phenoxy) is 1. The second-order valence-electron chi connectivity index (χ2n) is 2.40. The largest absolute Gasteiger partial charge is 0.464 e. The summed E-state index contributed by atoms with van der Waals surface area (Å²) in [5, 5.41) is 0. The first-order valence-electron chi connectivity index (χ1n) is 4.47. The number of esters is 1. The van der Waals surface area contributed by atoms with Crippen molar-refractivity contribution in [2.45, 2.75) is 20.8 Å². The van der Waals surface area contributed by atoms with Gasteiger partial charge < -0.3 is 9.72 Å². The molecule has 0 aromatic carbocycles. The average Bonchev–Trinajstić information content (AvgIpc) is 2.25. The quantitative estimate of drug-likeness (QED) is 0.652. The lowest BCUT2D eigenvalue weighted by Crippen LogP contribution is -2.28. The van der Waals surface area contributed by atoms with E-state index < -0.39 is 17.2 Å². The molecule has 0 unspecified atom stereocenters. The molecule has 0 aliphatic rings. The Labute approximate surface area is 86.3 Å². The third-order valence-electron chi connectivity index (χ3n) is 1.57. The average molecular weight is 214 g/mol. The van der Waals surface area contributed by atoms with E-state index in [-0.39, 0.29) is 11.3 Å². The Kier molecular flexibility index (Phi) is 5.08. The van der Waals surface area contributed by atoms with Crippen molar-refractivity contribution in [3.8, 4) is 0 Å². The van der Waals surface area contributed by atoms with Crippen LogP contribution in [0.15, 0.2) is 9.59 Å². The maximum atomic E-state index is 11.0. The van der Waals surface area contributed by atoms with Gasteiger partial charge in [0.1, 0.15) is 5.69 Å². The van der Waals surface area contributed by atoms with Crippen molar-refractivity contribution in [1.82, 2.24) is 9.97 Å². The molecule has 0 atom stereocenters. The minimum atomic E-state index is -0.735. The van der Waals surface area contributed by atoms with Crippen molar-refractivity contribution in [1.29, 1.82) is 0 Å². The van der Waals surface area contributed by atoms with Gasteiger partial charge in [-0.05, 0) is 6.92 Å². The number of carbonyl (C=O) groups is 1. The van der Waals surface area contributed by atoms with Gasteiger partial charge in [0.2, 0.25) is 0 Å². The van der Waals surface area contributed by atoms with Crippen molar-refractivity contribution in [2.24, 2.45) is 0 Å². The summed E-state index contributed by atoms with van der Waals surface area (Å²) in [4.78, 5) is 36.9. The molecule has 1 heterocycles. The number of methoxy groups -OCH3 is 1. The van der Waals surface area contributed by atoms with Crippen LogP contribution in [-0.4, -0.2) is 23.0 Å². The van der Waals surface area contributed by atoms with E-state index in [0.717, 1.165) is 0 Å². The molecule has 1 rings (SSSR count). The Morgan fingerprint density at radius 3 is 2.20 bits per heavy atom. The third kappa shape index (κ3) is 3.08. The van der Waals surface area contributed by atoms with Crippen molar-refractivity contribution in [3.63, 3.8) is 0 Å². The summed E-state index contributed by atoms with van der Waals surface area (Å²) in [6, 6.07) is 0. The minimum absolute atomic E-state index is 0.115. The fourth-order valence-corrected chi connectivity index (χ4v) is 0.855. The van der Waals surface area contributed by atoms with Crippen LogP contribution in [0, 0.1) is 6.92 Å². The first-order chi connectivity index (χ1) is 7.06. The molecule has 0 saturated heterocycles. The van der Waals surface area contributed by atoms with E-state index in [1.54, 1.807) is 0 Å². The SMILES string of the molecule is CC.COC(=O)c1[nH]c(=O)[nH]c(=O)c1C. The number of hydrogen-bond donors (Lipinski definition) is 2. The van der Waals surface area contributed by atoms with Crippen molar-refractivity contribution >= 4 is 5.97 Å². The van der Waals surface area contributed by atoms with Crippen LogP contribution in [0.25, 0.3) is 0 Å². The van der Waals surface area contributed by atoms with E-state index in [4.69, 9.17) is 0 Å². The molecule has 0 aliphatic heterocycles. The number of hydrogen-bond acceptors (Lipinski definition) is 4. The van der Waals surface area contributed by atoms with Gasteiger partial charge in [-0.15, -0.1) is 0 Å². The number of H-pyrrole nitrogens is 2. The molecule has 0 saturated carbocycles. The second-order valence-corrected chi connectivity index (χ2v) is 2.40. The molecule has 0 spiro atoms. The van der Waals surface area contributed by atoms with Crippen LogP contribution < -0.4 is 11.2 Å². The molecule has 1 aromatic heterocycles. The highest BCUT2D eigenvalue weighted by Gasteiger charge is 2.12. The van der Waals surface area contributed by atoms with E-state index in [9.17, 15) is 14.4 Å². The van der Waals surface area contributed by atoms with Gasteiger partial charge in [0.15, 0.2) is 0 Å². The van der Waals surface area contributed by atoms with Crippen LogP contribution in [0.3, 0.4) is 0 Å². The number of carbonyl (C=O) groups excluding carboxylic acids is 1. The number of nitrogens with one attached hydrogen (secondary N) is 2. The topological polar surface area (TPSA) is 92.0 Å². The molecule has 6 heteroatoms. The van der Waals surface area contributed by atoms with Gasteiger partial charge >= 0.3 is 11.7 Å². The standard InChI is InChI=1S/C7H8N2O4.C2H6/c1-3-4(6(11)13-2)8-7(12)9-5(3)10;1-2/h1-2H3,(H2,8,9,10,12);1-2H3. The first kappa shape index (κ1) is 13.2. The molecule has 2 N–H and O–H groups in total. The summed E-state index contributed by atoms with van der Waals surface area (Å²) in [6.07, 6.45) is 0. The molecule has 6 nitrogen and oxygen atoms in total. The molecular weight excluding hydrogens is 200 g/mol. The summed E-state index contributed by atoms with van der Waals surface area (Å²) in [7, 11) is 1.17. The van der Waals surface area contributed by atoms with Crippen LogP contribution in [0.2, 0.25) is 0 Å². The van der Waals surface area contributed by atoms with Gasteiger partial charge in [0, 0.05) is 5.56 Å². The summed E-state index contributed by atoms with van der Waals surface area (Å²) in [5.74, 6) is -0.735. The Bertz CT molecular complexity index is 444. The Morgan fingerprint density at radius 1 is 1.20 bits per heavy atom. The highest BCUT2D eigenvalue weighted by Crippen LogP contribution is 1.96. The highest BCUT2D eigenvalue weighted by atomic mass is 16.5. The van der Waals surface area contributed by atoms with Crippen molar-refractivity contribution in [3.05, 3.63) is 32.1 Å². The summed E-state index contributed by atoms with van der Waals surface area (Å²) in [6.45, 7) is 5.42. The zero-order valence-electron chi connectivity index (χ0n) is 9.13. The molecule has 0 fully saturated rings. The van der Waals surface area contributed by atoms with Crippen LogP contribution in [0.5, 0.6) is 0 Å². The maximum absolute atomic E-state index is 11.0. The maximum Gasteiger partial charge on any atom is 0.355 e. The lowest BCUT2D eigenvalue weighted by atomic mass is 10.2. The minimum Gasteiger partial charge on any atom is -0.464 e. The van der Waals surface area contributed by atoms with Crippen molar-refractivity contribution < 1.29 is 9.53 Å². The molecule has 1 aromatic rings. The van der Waals surface area contributed by atoms with Crippen LogP contribution in [0.4, 0.5) is 0 Å². The van der Waals surface area contributed by atoms with E-state index in [1.807, 2.05) is 18.8 Å². The van der Waals surface area contributed by atoms with Gasteiger partial charge in [-0.2, -0.15) is 0 Å². The number of aromatic nitrogens is 2. The van der Waals surface area contributed by atoms with Crippen molar-refractivity contribution in [2.75, 3.05) is 7.11 Å². The molecule has 15 heavy (non-hydrogen) atoms. The zero-order chi connectivity index (χ0) is 12.0. The number of rotatable bonds is 1. The van der Waals surface area contributed by atoms with E-state index in [0.29, 0.717) is 0 Å². The zero-order valence-corrected chi connectivity index (χ0v) is 9.13. The highest BCUT2D eigenvalue weighted by molar-refractivity contribution is 5.88. The summed E-state index contributed by atoms with van der Waals surface area (Å²) >= 11 is 0. The van der Waals surface area contributed by atoms with Crippen LogP contribution in [0.1, 0.15) is 29.9 Å². The predicted molar refractivity (Wildman–Crippen MR) is 55.1 cm³/mol. The van der Waals surface area contributed by atoms with Gasteiger partial charge in [0.05, 0.1) is 7.11 Å². The predicted octanol–water partition coefficient (Wildman–Crippen LogP) is 0.184. The van der Waals surface area contributed by atoms with Gasteiger partial charge in [-0.25, -0.2) is 9.59 Å². The molecule has 0 bridgehead atoms. The first-order valence-corrected chi connectivity index (χ1v) is 4.47. The van der Waals surface area contributed by atoms with E-state index >= 15 is 0 Å². The van der Waals surface area contributed by atoms with Gasteiger partial charge in [-0.3, -0.25) is 9.78 Å². The Hall–Kier alpha value is -1.85. The summed E-state index contributed by atoms with van der Waals surface area (Å²) in [5.41, 5.74) is -1.30. The monoisotopic (exact) mass is 214 g/mol. The number of aromatic amines is 2.